The number of amides is 1. The molecule has 0 spiro atoms. The quantitative estimate of drug-likeness (QED) is 0.413. The Balaban J connectivity index is 1.64. The number of ether oxygens (including phenoxy) is 1. The van der Waals surface area contributed by atoms with Crippen molar-refractivity contribution in [3.8, 4) is 11.5 Å². The average molecular weight is 442 g/mol. The molecule has 0 bridgehead atoms. The van der Waals surface area contributed by atoms with Gasteiger partial charge in [0.05, 0.1) is 24.3 Å². The monoisotopic (exact) mass is 441 g/mol. The van der Waals surface area contributed by atoms with E-state index in [1.165, 1.54) is 25.4 Å². The molecular weight excluding hydrogens is 418 g/mol. The van der Waals surface area contributed by atoms with Crippen LogP contribution in [0.4, 0.5) is 0 Å². The van der Waals surface area contributed by atoms with E-state index in [2.05, 4.69) is 10.5 Å². The maximum atomic E-state index is 12.8. The molecule has 0 saturated heterocycles. The van der Waals surface area contributed by atoms with Crippen molar-refractivity contribution in [2.45, 2.75) is 11.8 Å². The Morgan fingerprint density at radius 2 is 1.87 bits per heavy atom. The molecule has 31 heavy (non-hydrogen) atoms. The van der Waals surface area contributed by atoms with Crippen LogP contribution in [0.25, 0.3) is 10.8 Å². The van der Waals surface area contributed by atoms with Gasteiger partial charge in [-0.25, -0.2) is 13.8 Å². The minimum Gasteiger partial charge on any atom is -0.504 e. The lowest BCUT2D eigenvalue weighted by atomic mass is 10.1. The molecule has 0 aliphatic heterocycles. The number of hydrazone groups is 1. The molecule has 1 amide bonds. The number of nitrogens with zero attached hydrogens (tertiary/aromatic N) is 2. The third kappa shape index (κ3) is 5.39. The van der Waals surface area contributed by atoms with Crippen LogP contribution < -0.4 is 10.2 Å². The molecule has 0 saturated carbocycles. The van der Waals surface area contributed by atoms with Gasteiger partial charge in [-0.1, -0.05) is 30.3 Å². The zero-order valence-corrected chi connectivity index (χ0v) is 18.0. The first-order chi connectivity index (χ1) is 14.8. The number of benzene rings is 3. The maximum absolute atomic E-state index is 12.8. The molecule has 3 rings (SSSR count). The maximum Gasteiger partial charge on any atom is 0.255 e. The molecule has 0 aliphatic carbocycles. The molecule has 2 N–H and O–H groups in total. The molecule has 3 aromatic rings. The van der Waals surface area contributed by atoms with Crippen LogP contribution in [0.5, 0.6) is 11.5 Å². The van der Waals surface area contributed by atoms with Gasteiger partial charge in [0.2, 0.25) is 10.0 Å². The minimum atomic E-state index is -3.84. The lowest BCUT2D eigenvalue weighted by Gasteiger charge is -2.16. The van der Waals surface area contributed by atoms with Crippen LogP contribution >= 0.6 is 0 Å². The van der Waals surface area contributed by atoms with Crippen molar-refractivity contribution in [1.82, 2.24) is 9.73 Å². The van der Waals surface area contributed by atoms with E-state index in [1.54, 1.807) is 31.2 Å². The second kappa shape index (κ2) is 9.59. The number of fused-ring (bicyclic) bond motifs is 1. The zero-order valence-electron chi connectivity index (χ0n) is 17.1. The molecule has 0 unspecified atom stereocenters. The third-order valence-electron chi connectivity index (χ3n) is 4.48. The van der Waals surface area contributed by atoms with Gasteiger partial charge in [-0.3, -0.25) is 4.79 Å². The minimum absolute atomic E-state index is 0.00329. The van der Waals surface area contributed by atoms with Crippen molar-refractivity contribution < 1.29 is 23.1 Å². The number of hydrogen-bond acceptors (Lipinski definition) is 6. The molecule has 8 nitrogen and oxygen atoms in total. The number of sulfonamides is 1. The fourth-order valence-electron chi connectivity index (χ4n) is 2.89. The molecule has 0 aliphatic rings. The van der Waals surface area contributed by atoms with Gasteiger partial charge in [-0.05, 0) is 53.6 Å². The fourth-order valence-corrected chi connectivity index (χ4v) is 4.05. The Labute approximate surface area is 180 Å². The molecule has 0 radical (unpaired) electrons. The zero-order chi connectivity index (χ0) is 22.4. The summed E-state index contributed by atoms with van der Waals surface area (Å²) in [4.78, 5) is 12.3. The number of aromatic hydroxyl groups is 1. The second-order valence-electron chi connectivity index (χ2n) is 6.72. The third-order valence-corrected chi connectivity index (χ3v) is 6.28. The first-order valence-corrected chi connectivity index (χ1v) is 11.0. The smallest absolute Gasteiger partial charge is 0.255 e. The van der Waals surface area contributed by atoms with Gasteiger partial charge in [0, 0.05) is 7.05 Å². The van der Waals surface area contributed by atoms with Crippen LogP contribution in [-0.4, -0.2) is 50.2 Å². The van der Waals surface area contributed by atoms with E-state index in [-0.39, 0.29) is 10.6 Å². The summed E-state index contributed by atoms with van der Waals surface area (Å²) in [6.45, 7) is 1.79. The molecule has 0 atom stereocenters. The normalized spacial score (nSPS) is 11.8. The Morgan fingerprint density at radius 1 is 1.13 bits per heavy atom. The Hall–Kier alpha value is -3.43. The SMILES string of the molecule is CCOc1cc(/C=N/NC(=O)CN(C)S(=O)(=O)c2ccc3ccccc3c2)ccc1O. The number of rotatable bonds is 8. The van der Waals surface area contributed by atoms with Crippen LogP contribution in [0.1, 0.15) is 12.5 Å². The molecule has 3 aromatic carbocycles. The number of phenolic OH excluding ortho intramolecular Hbond substituents is 1. The van der Waals surface area contributed by atoms with Crippen LogP contribution in [0.2, 0.25) is 0 Å². The van der Waals surface area contributed by atoms with E-state index < -0.39 is 22.5 Å². The molecule has 162 valence electrons. The molecule has 0 aromatic heterocycles. The van der Waals surface area contributed by atoms with Crippen molar-refractivity contribution in [1.29, 1.82) is 0 Å². The van der Waals surface area contributed by atoms with E-state index in [1.807, 2.05) is 24.3 Å². The Kier molecular flexibility index (Phi) is 6.88. The highest BCUT2D eigenvalue weighted by atomic mass is 32.2. The second-order valence-corrected chi connectivity index (χ2v) is 8.77. The molecule has 9 heteroatoms. The molecule has 0 fully saturated rings. The summed E-state index contributed by atoms with van der Waals surface area (Å²) < 4.78 is 31.9. The highest BCUT2D eigenvalue weighted by molar-refractivity contribution is 7.89. The van der Waals surface area contributed by atoms with Gasteiger partial charge in [0.25, 0.3) is 5.91 Å². The average Bonchev–Trinajstić information content (AvgIpc) is 2.75. The van der Waals surface area contributed by atoms with Crippen LogP contribution in [0.3, 0.4) is 0 Å². The van der Waals surface area contributed by atoms with Gasteiger partial charge >= 0.3 is 0 Å². The van der Waals surface area contributed by atoms with Crippen molar-refractivity contribution in [2.75, 3.05) is 20.2 Å². The summed E-state index contributed by atoms with van der Waals surface area (Å²) in [7, 11) is -2.51. The van der Waals surface area contributed by atoms with E-state index in [0.717, 1.165) is 15.1 Å². The summed E-state index contributed by atoms with van der Waals surface area (Å²) in [5, 5.41) is 15.3. The number of nitrogens with one attached hydrogen (secondary N) is 1. The Morgan fingerprint density at radius 3 is 2.61 bits per heavy atom. The number of likely N-dealkylation sites (N-methyl/N-ethyl adjacent to an activating group) is 1. The predicted octanol–water partition coefficient (Wildman–Crippen LogP) is 2.71. The summed E-state index contributed by atoms with van der Waals surface area (Å²) in [5.41, 5.74) is 2.90. The number of carbonyl (C=O) groups excluding carboxylic acids is 1. The highest BCUT2D eigenvalue weighted by Crippen LogP contribution is 2.26. The summed E-state index contributed by atoms with van der Waals surface area (Å²) >= 11 is 0. The van der Waals surface area contributed by atoms with Gasteiger partial charge in [0.1, 0.15) is 0 Å². The summed E-state index contributed by atoms with van der Waals surface area (Å²) in [5.74, 6) is -0.283. The van der Waals surface area contributed by atoms with Crippen LogP contribution in [-0.2, 0) is 14.8 Å². The largest absolute Gasteiger partial charge is 0.504 e. The van der Waals surface area contributed by atoms with Gasteiger partial charge in [-0.15, -0.1) is 0 Å². The lowest BCUT2D eigenvalue weighted by Crippen LogP contribution is -2.36. The highest BCUT2D eigenvalue weighted by Gasteiger charge is 2.23. The van der Waals surface area contributed by atoms with E-state index in [9.17, 15) is 18.3 Å². The van der Waals surface area contributed by atoms with Crippen molar-refractivity contribution in [3.05, 3.63) is 66.2 Å². The van der Waals surface area contributed by atoms with Crippen molar-refractivity contribution >= 4 is 32.9 Å². The standard InChI is InChI=1S/C22H23N3O5S/c1-3-30-21-12-16(8-11-20(21)26)14-23-24-22(27)15-25(2)31(28,29)19-10-9-17-6-4-5-7-18(17)13-19/h4-14,26H,3,15H2,1-2H3,(H,24,27)/b23-14+. The fraction of sp³-hybridized carbons (Fsp3) is 0.182. The molecular formula is C22H23N3O5S. The molecule has 0 heterocycles. The van der Waals surface area contributed by atoms with Crippen molar-refractivity contribution in [2.24, 2.45) is 5.10 Å². The topological polar surface area (TPSA) is 108 Å². The summed E-state index contributed by atoms with van der Waals surface area (Å²) in [6, 6.07) is 16.9. The Bertz CT molecular complexity index is 1220. The van der Waals surface area contributed by atoms with Gasteiger partial charge in [-0.2, -0.15) is 9.41 Å². The van der Waals surface area contributed by atoms with Crippen molar-refractivity contribution in [3.63, 3.8) is 0 Å². The first-order valence-electron chi connectivity index (χ1n) is 9.54. The number of hydrogen-bond donors (Lipinski definition) is 2. The predicted molar refractivity (Wildman–Crippen MR) is 119 cm³/mol. The van der Waals surface area contributed by atoms with E-state index in [4.69, 9.17) is 4.74 Å². The van der Waals surface area contributed by atoms with E-state index in [0.29, 0.717) is 17.9 Å². The first kappa shape index (κ1) is 22.3. The van der Waals surface area contributed by atoms with Crippen LogP contribution in [0, 0.1) is 0 Å². The number of phenols is 1. The van der Waals surface area contributed by atoms with Gasteiger partial charge in [0.15, 0.2) is 11.5 Å². The van der Waals surface area contributed by atoms with E-state index >= 15 is 0 Å². The lowest BCUT2D eigenvalue weighted by molar-refractivity contribution is -0.121. The number of carbonyl (C=O) groups is 1. The summed E-state index contributed by atoms with van der Waals surface area (Å²) in [6.07, 6.45) is 1.37. The van der Waals surface area contributed by atoms with Gasteiger partial charge < -0.3 is 9.84 Å². The van der Waals surface area contributed by atoms with Crippen LogP contribution in [0.15, 0.2) is 70.7 Å².